The van der Waals surface area contributed by atoms with Gasteiger partial charge in [0.25, 0.3) is 0 Å². The van der Waals surface area contributed by atoms with E-state index in [2.05, 4.69) is 97.8 Å². The van der Waals surface area contributed by atoms with Gasteiger partial charge in [-0.1, -0.05) is 80.4 Å². The van der Waals surface area contributed by atoms with Gasteiger partial charge in [0, 0.05) is 20.9 Å². The number of nitrogens with two attached hydrogens (primary N) is 1. The molecule has 0 bridgehead atoms. The first-order valence-electron chi connectivity index (χ1n) is 10.1. The van der Waals surface area contributed by atoms with E-state index >= 15 is 0 Å². The van der Waals surface area contributed by atoms with Gasteiger partial charge in [-0.2, -0.15) is 0 Å². The normalized spacial score (nSPS) is 19.7. The molecule has 2 aliphatic rings. The Bertz CT molecular complexity index is 1380. The molecule has 2 atom stereocenters. The maximum absolute atomic E-state index is 6.41. The first-order valence-corrected chi connectivity index (χ1v) is 11.9. The standard InChI is InChI=1S/C25H19Br2N3/c26-17-11-15-5-1-3-13-7-9-19(23(17)21(13)15)29-25(28)30-20-10-8-14-4-2-6-16-12-18(27)24(20)22(14)16/h1-10,17-18H,11-12H2,(H3,28,29,30). The minimum Gasteiger partial charge on any atom is -0.369 e. The van der Waals surface area contributed by atoms with Crippen molar-refractivity contribution in [2.45, 2.75) is 22.5 Å². The van der Waals surface area contributed by atoms with Gasteiger partial charge in [-0.15, -0.1) is 0 Å². The molecule has 0 heterocycles. The molecule has 6 rings (SSSR count). The van der Waals surface area contributed by atoms with Crippen LogP contribution in [0, 0.1) is 0 Å². The van der Waals surface area contributed by atoms with Crippen LogP contribution in [0.3, 0.4) is 0 Å². The molecule has 0 fully saturated rings. The summed E-state index contributed by atoms with van der Waals surface area (Å²) in [7, 11) is 0. The third-order valence-corrected chi connectivity index (χ3v) is 7.81. The van der Waals surface area contributed by atoms with Crippen molar-refractivity contribution in [1.82, 2.24) is 0 Å². The quantitative estimate of drug-likeness (QED) is 0.169. The van der Waals surface area contributed by atoms with E-state index < -0.39 is 0 Å². The predicted molar refractivity (Wildman–Crippen MR) is 134 cm³/mol. The van der Waals surface area contributed by atoms with Gasteiger partial charge in [0.1, 0.15) is 0 Å². The Kier molecular flexibility index (Phi) is 4.19. The lowest BCUT2D eigenvalue weighted by molar-refractivity contribution is 1.01. The third kappa shape index (κ3) is 2.72. The van der Waals surface area contributed by atoms with E-state index in [9.17, 15) is 0 Å². The monoisotopic (exact) mass is 519 g/mol. The van der Waals surface area contributed by atoms with Crippen LogP contribution in [-0.2, 0) is 12.8 Å². The van der Waals surface area contributed by atoms with Crippen molar-refractivity contribution < 1.29 is 0 Å². The second-order valence-electron chi connectivity index (χ2n) is 8.02. The molecule has 5 heteroatoms. The molecular formula is C25H19Br2N3. The van der Waals surface area contributed by atoms with Crippen LogP contribution in [0.1, 0.15) is 31.9 Å². The van der Waals surface area contributed by atoms with Gasteiger partial charge in [0.15, 0.2) is 5.96 Å². The molecule has 0 saturated carbocycles. The van der Waals surface area contributed by atoms with E-state index in [0.717, 1.165) is 24.2 Å². The zero-order valence-corrected chi connectivity index (χ0v) is 19.3. The topological polar surface area (TPSA) is 50.4 Å². The van der Waals surface area contributed by atoms with Gasteiger partial charge >= 0.3 is 0 Å². The third-order valence-electron chi connectivity index (χ3n) is 6.25. The smallest absolute Gasteiger partial charge is 0.198 e. The van der Waals surface area contributed by atoms with Crippen molar-refractivity contribution in [3.63, 3.8) is 0 Å². The van der Waals surface area contributed by atoms with Crippen LogP contribution in [0.4, 0.5) is 11.4 Å². The van der Waals surface area contributed by atoms with Gasteiger partial charge in [-0.05, 0) is 63.2 Å². The first kappa shape index (κ1) is 18.4. The Balaban J connectivity index is 1.43. The fraction of sp³-hybridized carbons (Fsp3) is 0.160. The number of aliphatic imine (C=N–C) groups is 1. The average molecular weight is 521 g/mol. The molecule has 0 amide bonds. The molecule has 2 aliphatic carbocycles. The first-order chi connectivity index (χ1) is 14.6. The summed E-state index contributed by atoms with van der Waals surface area (Å²) < 4.78 is 0. The number of hydrogen-bond acceptors (Lipinski definition) is 1. The molecule has 3 nitrogen and oxygen atoms in total. The lowest BCUT2D eigenvalue weighted by Crippen LogP contribution is -2.22. The fourth-order valence-electron chi connectivity index (χ4n) is 5.03. The van der Waals surface area contributed by atoms with Crippen molar-refractivity contribution in [3.05, 3.63) is 82.9 Å². The Morgan fingerprint density at radius 1 is 0.800 bits per heavy atom. The van der Waals surface area contributed by atoms with Crippen LogP contribution in [0.15, 0.2) is 65.7 Å². The van der Waals surface area contributed by atoms with Crippen molar-refractivity contribution in [3.8, 4) is 0 Å². The Morgan fingerprint density at radius 3 is 2.10 bits per heavy atom. The van der Waals surface area contributed by atoms with Crippen molar-refractivity contribution in [2.24, 2.45) is 10.7 Å². The van der Waals surface area contributed by atoms with E-state index in [1.54, 1.807) is 0 Å². The molecule has 0 spiro atoms. The average Bonchev–Trinajstić information content (AvgIpc) is 3.25. The summed E-state index contributed by atoms with van der Waals surface area (Å²) in [6.07, 6.45) is 1.97. The maximum atomic E-state index is 6.41. The van der Waals surface area contributed by atoms with Gasteiger partial charge in [-0.25, -0.2) is 4.99 Å². The highest BCUT2D eigenvalue weighted by molar-refractivity contribution is 9.09. The largest absolute Gasteiger partial charge is 0.369 e. The molecule has 0 radical (unpaired) electrons. The molecule has 4 aromatic rings. The lowest BCUT2D eigenvalue weighted by Gasteiger charge is -2.14. The van der Waals surface area contributed by atoms with Crippen LogP contribution in [0.2, 0.25) is 0 Å². The molecule has 0 saturated heterocycles. The highest BCUT2D eigenvalue weighted by atomic mass is 79.9. The van der Waals surface area contributed by atoms with Crippen LogP contribution in [0.5, 0.6) is 0 Å². The number of hydrogen-bond donors (Lipinski definition) is 2. The fourth-order valence-corrected chi connectivity index (χ4v) is 6.67. The van der Waals surface area contributed by atoms with Crippen LogP contribution < -0.4 is 11.1 Å². The van der Waals surface area contributed by atoms with Gasteiger partial charge in [-0.3, -0.25) is 0 Å². The van der Waals surface area contributed by atoms with E-state index in [0.29, 0.717) is 5.96 Å². The summed E-state index contributed by atoms with van der Waals surface area (Å²) in [5, 5.41) is 8.54. The molecular weight excluding hydrogens is 502 g/mol. The van der Waals surface area contributed by atoms with Gasteiger partial charge in [0.05, 0.1) is 5.69 Å². The summed E-state index contributed by atoms with van der Waals surface area (Å²) in [6, 6.07) is 21.4. The Hall–Kier alpha value is -2.37. The van der Waals surface area contributed by atoms with Crippen LogP contribution >= 0.6 is 31.9 Å². The van der Waals surface area contributed by atoms with Crippen molar-refractivity contribution >= 4 is 70.7 Å². The maximum Gasteiger partial charge on any atom is 0.198 e. The number of alkyl halides is 2. The van der Waals surface area contributed by atoms with Crippen molar-refractivity contribution in [1.29, 1.82) is 0 Å². The van der Waals surface area contributed by atoms with E-state index in [1.807, 2.05) is 0 Å². The number of nitrogens with one attached hydrogen (secondary N) is 1. The summed E-state index contributed by atoms with van der Waals surface area (Å²) in [4.78, 5) is 5.34. The van der Waals surface area contributed by atoms with E-state index in [4.69, 9.17) is 10.7 Å². The predicted octanol–water partition coefficient (Wildman–Crippen LogP) is 7.04. The molecule has 0 aromatic heterocycles. The molecule has 2 unspecified atom stereocenters. The highest BCUT2D eigenvalue weighted by Gasteiger charge is 2.27. The second-order valence-corrected chi connectivity index (χ2v) is 10.2. The zero-order chi connectivity index (χ0) is 20.4. The van der Waals surface area contributed by atoms with E-state index in [-0.39, 0.29) is 9.65 Å². The molecule has 3 N–H and O–H groups in total. The molecule has 4 aromatic carbocycles. The number of anilines is 1. The number of rotatable bonds is 2. The van der Waals surface area contributed by atoms with Gasteiger partial charge in [0.2, 0.25) is 0 Å². The highest BCUT2D eigenvalue weighted by Crippen LogP contribution is 2.47. The lowest BCUT2D eigenvalue weighted by atomic mass is 10.0. The molecule has 0 aliphatic heterocycles. The number of guanidine groups is 1. The minimum absolute atomic E-state index is 0.262. The zero-order valence-electron chi connectivity index (χ0n) is 16.1. The SMILES string of the molecule is NC(=Nc1ccc2cccc3c2c1C(Br)C3)Nc1ccc2cccc3c2c1C(Br)C3. The Labute approximate surface area is 191 Å². The van der Waals surface area contributed by atoms with Crippen LogP contribution in [-0.4, -0.2) is 5.96 Å². The second kappa shape index (κ2) is 6.82. The molecule has 148 valence electrons. The van der Waals surface area contributed by atoms with Crippen molar-refractivity contribution in [2.75, 3.05) is 5.32 Å². The van der Waals surface area contributed by atoms with Crippen LogP contribution in [0.25, 0.3) is 21.5 Å². The summed E-state index contributed by atoms with van der Waals surface area (Å²) >= 11 is 7.70. The van der Waals surface area contributed by atoms with Gasteiger partial charge < -0.3 is 11.1 Å². The number of halogens is 2. The minimum atomic E-state index is 0.262. The summed E-state index contributed by atoms with van der Waals surface area (Å²) in [5.74, 6) is 0.411. The summed E-state index contributed by atoms with van der Waals surface area (Å²) in [5.41, 5.74) is 13.6. The van der Waals surface area contributed by atoms with E-state index in [1.165, 1.54) is 43.8 Å². The summed E-state index contributed by atoms with van der Waals surface area (Å²) in [6.45, 7) is 0. The number of benzene rings is 4. The number of nitrogens with zero attached hydrogens (tertiary/aromatic N) is 1. The molecule has 30 heavy (non-hydrogen) atoms. The Morgan fingerprint density at radius 2 is 1.40 bits per heavy atom.